The molecule has 2 amide bonds. The Morgan fingerprint density at radius 3 is 2.37 bits per heavy atom. The third-order valence-electron chi connectivity index (χ3n) is 4.18. The van der Waals surface area contributed by atoms with Crippen molar-refractivity contribution in [2.75, 3.05) is 18.4 Å². The van der Waals surface area contributed by atoms with Crippen LogP contribution < -0.4 is 5.32 Å². The monoisotopic (exact) mass is 364 g/mol. The fraction of sp³-hybridized carbons (Fsp3) is 0.211. The van der Waals surface area contributed by atoms with Gasteiger partial charge in [0.05, 0.1) is 11.3 Å². The summed E-state index contributed by atoms with van der Waals surface area (Å²) in [5, 5.41) is 13.9. The van der Waals surface area contributed by atoms with Crippen LogP contribution in [0.5, 0.6) is 0 Å². The zero-order valence-electron chi connectivity index (χ0n) is 15.2. The Morgan fingerprint density at radius 1 is 1.04 bits per heavy atom. The van der Waals surface area contributed by atoms with E-state index in [0.717, 1.165) is 0 Å². The first kappa shape index (κ1) is 18.2. The fourth-order valence-corrected chi connectivity index (χ4v) is 2.73. The molecule has 8 heteroatoms. The van der Waals surface area contributed by atoms with Crippen LogP contribution in [0.25, 0.3) is 5.69 Å². The lowest BCUT2D eigenvalue weighted by atomic mass is 10.1. The van der Waals surface area contributed by atoms with E-state index in [4.69, 9.17) is 0 Å². The summed E-state index contributed by atoms with van der Waals surface area (Å²) in [6, 6.07) is 13.9. The second-order valence-electron chi connectivity index (χ2n) is 5.78. The lowest BCUT2D eigenvalue weighted by molar-refractivity contribution is 0.0773. The van der Waals surface area contributed by atoms with Crippen molar-refractivity contribution in [3.8, 4) is 5.69 Å². The van der Waals surface area contributed by atoms with Crippen LogP contribution >= 0.6 is 0 Å². The molecule has 0 aliphatic carbocycles. The third kappa shape index (κ3) is 4.00. The van der Waals surface area contributed by atoms with Gasteiger partial charge < -0.3 is 10.2 Å². The van der Waals surface area contributed by atoms with Gasteiger partial charge in [-0.25, -0.2) is 0 Å². The maximum absolute atomic E-state index is 12.7. The molecule has 0 bridgehead atoms. The minimum atomic E-state index is -0.288. The first-order valence-corrected chi connectivity index (χ1v) is 8.67. The van der Waals surface area contributed by atoms with E-state index in [-0.39, 0.29) is 11.8 Å². The SMILES string of the molecule is CCN(CC)C(=O)c1ccc(NC(=O)c2ccccc2-n2cnnn2)cc1. The van der Waals surface area contributed by atoms with Crippen LogP contribution in [0.2, 0.25) is 0 Å². The topological polar surface area (TPSA) is 93.0 Å². The molecule has 0 aliphatic heterocycles. The zero-order chi connectivity index (χ0) is 19.2. The van der Waals surface area contributed by atoms with Gasteiger partial charge in [0.15, 0.2) is 0 Å². The number of benzene rings is 2. The van der Waals surface area contributed by atoms with Crippen molar-refractivity contribution in [3.63, 3.8) is 0 Å². The number of tetrazole rings is 1. The predicted octanol–water partition coefficient (Wildman–Crippen LogP) is 2.40. The first-order chi connectivity index (χ1) is 13.1. The van der Waals surface area contributed by atoms with E-state index in [2.05, 4.69) is 20.8 Å². The second-order valence-corrected chi connectivity index (χ2v) is 5.78. The van der Waals surface area contributed by atoms with E-state index in [1.54, 1.807) is 53.4 Å². The van der Waals surface area contributed by atoms with Crippen molar-refractivity contribution >= 4 is 17.5 Å². The Labute approximate surface area is 156 Å². The van der Waals surface area contributed by atoms with Gasteiger partial charge in [-0.1, -0.05) is 12.1 Å². The molecule has 1 N–H and O–H groups in total. The van der Waals surface area contributed by atoms with Crippen LogP contribution in [0.3, 0.4) is 0 Å². The summed E-state index contributed by atoms with van der Waals surface area (Å²) in [6.07, 6.45) is 1.43. The summed E-state index contributed by atoms with van der Waals surface area (Å²) in [5.74, 6) is -0.314. The highest BCUT2D eigenvalue weighted by Gasteiger charge is 2.15. The number of carbonyl (C=O) groups excluding carboxylic acids is 2. The molecule has 3 aromatic rings. The van der Waals surface area contributed by atoms with Crippen LogP contribution in [-0.2, 0) is 0 Å². The van der Waals surface area contributed by atoms with Crippen molar-refractivity contribution in [1.29, 1.82) is 0 Å². The third-order valence-corrected chi connectivity index (χ3v) is 4.18. The average Bonchev–Trinajstić information content (AvgIpc) is 3.24. The second kappa shape index (κ2) is 8.22. The largest absolute Gasteiger partial charge is 0.339 e. The molecule has 0 aliphatic rings. The summed E-state index contributed by atoms with van der Waals surface area (Å²) in [4.78, 5) is 26.8. The number of nitrogens with zero attached hydrogens (tertiary/aromatic N) is 5. The summed E-state index contributed by atoms with van der Waals surface area (Å²) in [5.41, 5.74) is 2.20. The number of amides is 2. The van der Waals surface area contributed by atoms with E-state index in [0.29, 0.717) is 35.6 Å². The maximum Gasteiger partial charge on any atom is 0.257 e. The smallest absolute Gasteiger partial charge is 0.257 e. The fourth-order valence-electron chi connectivity index (χ4n) is 2.73. The van der Waals surface area contributed by atoms with Crippen LogP contribution in [0, 0.1) is 0 Å². The number of hydrogen-bond acceptors (Lipinski definition) is 5. The summed E-state index contributed by atoms with van der Waals surface area (Å²) < 4.78 is 1.43. The number of hydrogen-bond donors (Lipinski definition) is 1. The van der Waals surface area contributed by atoms with Crippen LogP contribution in [0.1, 0.15) is 34.6 Å². The average molecular weight is 364 g/mol. The Bertz CT molecular complexity index is 918. The molecule has 138 valence electrons. The van der Waals surface area contributed by atoms with Gasteiger partial charge >= 0.3 is 0 Å². The molecule has 0 saturated carbocycles. The van der Waals surface area contributed by atoms with Crippen molar-refractivity contribution in [2.24, 2.45) is 0 Å². The highest BCUT2D eigenvalue weighted by molar-refractivity contribution is 6.07. The summed E-state index contributed by atoms with van der Waals surface area (Å²) in [6.45, 7) is 5.19. The lowest BCUT2D eigenvalue weighted by Gasteiger charge is -2.18. The van der Waals surface area contributed by atoms with Crippen LogP contribution in [-0.4, -0.2) is 50.0 Å². The number of para-hydroxylation sites is 1. The van der Waals surface area contributed by atoms with Gasteiger partial charge in [0, 0.05) is 24.3 Å². The molecule has 0 spiro atoms. The van der Waals surface area contributed by atoms with Gasteiger partial charge in [0.2, 0.25) is 0 Å². The normalized spacial score (nSPS) is 10.4. The van der Waals surface area contributed by atoms with Gasteiger partial charge in [-0.3, -0.25) is 9.59 Å². The quantitative estimate of drug-likeness (QED) is 0.725. The molecule has 27 heavy (non-hydrogen) atoms. The summed E-state index contributed by atoms with van der Waals surface area (Å²) in [7, 11) is 0. The molecule has 0 radical (unpaired) electrons. The van der Waals surface area contributed by atoms with E-state index in [1.165, 1.54) is 11.0 Å². The van der Waals surface area contributed by atoms with Crippen molar-refractivity contribution in [1.82, 2.24) is 25.1 Å². The number of nitrogens with one attached hydrogen (secondary N) is 1. The predicted molar refractivity (Wildman–Crippen MR) is 101 cm³/mol. The number of rotatable bonds is 6. The van der Waals surface area contributed by atoms with Crippen molar-refractivity contribution in [3.05, 3.63) is 66.0 Å². The molecule has 1 aromatic heterocycles. The van der Waals surface area contributed by atoms with Crippen LogP contribution in [0.4, 0.5) is 5.69 Å². The molecule has 1 heterocycles. The van der Waals surface area contributed by atoms with Gasteiger partial charge in [-0.05, 0) is 60.7 Å². The maximum atomic E-state index is 12.7. The number of aromatic nitrogens is 4. The molecule has 0 saturated heterocycles. The van der Waals surface area contributed by atoms with E-state index in [9.17, 15) is 9.59 Å². The molecule has 0 fully saturated rings. The molecule has 0 atom stereocenters. The Hall–Kier alpha value is -3.55. The molecule has 2 aromatic carbocycles. The van der Waals surface area contributed by atoms with Gasteiger partial charge in [0.25, 0.3) is 11.8 Å². The Balaban J connectivity index is 1.77. The lowest BCUT2D eigenvalue weighted by Crippen LogP contribution is -2.30. The molecule has 3 rings (SSSR count). The van der Waals surface area contributed by atoms with Gasteiger partial charge in [-0.15, -0.1) is 5.10 Å². The first-order valence-electron chi connectivity index (χ1n) is 8.67. The van der Waals surface area contributed by atoms with Gasteiger partial charge in [0.1, 0.15) is 6.33 Å². The van der Waals surface area contributed by atoms with Crippen LogP contribution in [0.15, 0.2) is 54.9 Å². The molecule has 8 nitrogen and oxygen atoms in total. The minimum absolute atomic E-state index is 0.0260. The minimum Gasteiger partial charge on any atom is -0.339 e. The van der Waals surface area contributed by atoms with Crippen molar-refractivity contribution < 1.29 is 9.59 Å². The number of carbonyl (C=O) groups is 2. The molecular formula is C19H20N6O2. The molecular weight excluding hydrogens is 344 g/mol. The van der Waals surface area contributed by atoms with E-state index in [1.807, 2.05) is 13.8 Å². The van der Waals surface area contributed by atoms with Crippen molar-refractivity contribution in [2.45, 2.75) is 13.8 Å². The number of anilines is 1. The Morgan fingerprint density at radius 2 is 1.74 bits per heavy atom. The zero-order valence-corrected chi connectivity index (χ0v) is 15.2. The molecule has 0 unspecified atom stereocenters. The highest BCUT2D eigenvalue weighted by Crippen LogP contribution is 2.17. The van der Waals surface area contributed by atoms with E-state index < -0.39 is 0 Å². The summed E-state index contributed by atoms with van der Waals surface area (Å²) >= 11 is 0. The van der Waals surface area contributed by atoms with E-state index >= 15 is 0 Å². The highest BCUT2D eigenvalue weighted by atomic mass is 16.2. The Kier molecular flexibility index (Phi) is 5.55. The standard InChI is InChI=1S/C19H20N6O2/c1-3-24(4-2)19(27)14-9-11-15(12-10-14)21-18(26)16-7-5-6-8-17(16)25-13-20-22-23-25/h5-13H,3-4H2,1-2H3,(H,21,26). The van der Waals surface area contributed by atoms with Gasteiger partial charge in [-0.2, -0.15) is 4.68 Å².